The van der Waals surface area contributed by atoms with Gasteiger partial charge in [0.15, 0.2) is 0 Å². The largest absolute Gasteiger partial charge is 0.497 e. The third-order valence-corrected chi connectivity index (χ3v) is 1.94. The number of aliphatic hydroxyl groups excluding tert-OH is 1. The van der Waals surface area contributed by atoms with E-state index < -0.39 is 0 Å². The van der Waals surface area contributed by atoms with E-state index in [-0.39, 0.29) is 12.5 Å². The Morgan fingerprint density at radius 3 is 2.83 bits per heavy atom. The minimum absolute atomic E-state index is 0.174. The van der Waals surface area contributed by atoms with Crippen molar-refractivity contribution in [2.75, 3.05) is 13.7 Å². The highest BCUT2D eigenvalue weighted by Gasteiger charge is 2.03. The molecule has 0 unspecified atom stereocenters. The monoisotopic (exact) mass is 166 g/mol. The van der Waals surface area contributed by atoms with Gasteiger partial charge >= 0.3 is 0 Å². The van der Waals surface area contributed by atoms with E-state index in [2.05, 4.69) is 0 Å². The number of hydrogen-bond donors (Lipinski definition) is 1. The van der Waals surface area contributed by atoms with E-state index in [1.165, 1.54) is 0 Å². The van der Waals surface area contributed by atoms with Gasteiger partial charge < -0.3 is 9.84 Å². The van der Waals surface area contributed by atoms with Crippen molar-refractivity contribution < 1.29 is 9.84 Å². The Bertz CT molecular complexity index is 245. The van der Waals surface area contributed by atoms with Crippen molar-refractivity contribution in [3.05, 3.63) is 29.8 Å². The van der Waals surface area contributed by atoms with Gasteiger partial charge in [-0.2, -0.15) is 0 Å². The summed E-state index contributed by atoms with van der Waals surface area (Å²) in [6, 6.07) is 7.76. The molecule has 0 spiro atoms. The molecule has 1 N–H and O–H groups in total. The van der Waals surface area contributed by atoms with Crippen LogP contribution < -0.4 is 4.74 Å². The fraction of sp³-hybridized carbons (Fsp3) is 0.400. The second-order valence-electron chi connectivity index (χ2n) is 2.86. The third kappa shape index (κ3) is 1.98. The number of methoxy groups -OCH3 is 1. The Balaban J connectivity index is 2.86. The average Bonchev–Trinajstić information content (AvgIpc) is 2.17. The van der Waals surface area contributed by atoms with Gasteiger partial charge in [-0.1, -0.05) is 19.1 Å². The lowest BCUT2D eigenvalue weighted by molar-refractivity contribution is 0.273. The van der Waals surface area contributed by atoms with Crippen LogP contribution in [-0.2, 0) is 0 Å². The van der Waals surface area contributed by atoms with Crippen LogP contribution in [0.5, 0.6) is 5.75 Å². The lowest BCUT2D eigenvalue weighted by Gasteiger charge is -2.09. The van der Waals surface area contributed by atoms with Crippen molar-refractivity contribution in [2.45, 2.75) is 12.8 Å². The Morgan fingerprint density at radius 1 is 1.50 bits per heavy atom. The number of rotatable bonds is 3. The second-order valence-corrected chi connectivity index (χ2v) is 2.86. The Kier molecular flexibility index (Phi) is 3.11. The van der Waals surface area contributed by atoms with E-state index in [1.807, 2.05) is 31.2 Å². The minimum Gasteiger partial charge on any atom is -0.497 e. The summed E-state index contributed by atoms with van der Waals surface area (Å²) in [6.07, 6.45) is 0. The van der Waals surface area contributed by atoms with Crippen LogP contribution in [0.15, 0.2) is 24.3 Å². The first-order valence-electron chi connectivity index (χ1n) is 4.02. The van der Waals surface area contributed by atoms with Gasteiger partial charge in [0.2, 0.25) is 0 Å². The van der Waals surface area contributed by atoms with Crippen molar-refractivity contribution in [2.24, 2.45) is 0 Å². The molecule has 2 nitrogen and oxygen atoms in total. The summed E-state index contributed by atoms with van der Waals surface area (Å²) in [5.74, 6) is 1.02. The van der Waals surface area contributed by atoms with Crippen molar-refractivity contribution in [1.82, 2.24) is 0 Å². The lowest BCUT2D eigenvalue weighted by atomic mass is 10.0. The molecule has 1 aromatic rings. The smallest absolute Gasteiger partial charge is 0.119 e. The molecule has 0 saturated carbocycles. The molecule has 0 saturated heterocycles. The predicted octanol–water partition coefficient (Wildman–Crippen LogP) is 1.79. The molecule has 66 valence electrons. The predicted molar refractivity (Wildman–Crippen MR) is 48.5 cm³/mol. The normalized spacial score (nSPS) is 12.6. The van der Waals surface area contributed by atoms with Gasteiger partial charge in [0.05, 0.1) is 7.11 Å². The first-order chi connectivity index (χ1) is 5.77. The SMILES string of the molecule is COc1cccc([C@@H](C)CO)c1. The van der Waals surface area contributed by atoms with Crippen LogP contribution in [0.4, 0.5) is 0 Å². The molecular weight excluding hydrogens is 152 g/mol. The molecule has 12 heavy (non-hydrogen) atoms. The summed E-state index contributed by atoms with van der Waals surface area (Å²) in [5, 5.41) is 8.91. The van der Waals surface area contributed by atoms with Crippen molar-refractivity contribution in [3.63, 3.8) is 0 Å². The van der Waals surface area contributed by atoms with Gasteiger partial charge in [-0.15, -0.1) is 0 Å². The molecule has 0 amide bonds. The highest BCUT2D eigenvalue weighted by molar-refractivity contribution is 5.30. The zero-order valence-electron chi connectivity index (χ0n) is 7.45. The van der Waals surface area contributed by atoms with Crippen LogP contribution >= 0.6 is 0 Å². The minimum atomic E-state index is 0.174. The van der Waals surface area contributed by atoms with E-state index in [4.69, 9.17) is 9.84 Å². The molecule has 0 aromatic heterocycles. The summed E-state index contributed by atoms with van der Waals surface area (Å²) in [6.45, 7) is 2.15. The first kappa shape index (κ1) is 9.07. The number of aliphatic hydroxyl groups is 1. The molecule has 0 bridgehead atoms. The van der Waals surface area contributed by atoms with Crippen molar-refractivity contribution >= 4 is 0 Å². The van der Waals surface area contributed by atoms with Gasteiger partial charge in [-0.25, -0.2) is 0 Å². The number of benzene rings is 1. The molecular formula is C10H14O2. The number of hydrogen-bond acceptors (Lipinski definition) is 2. The Hall–Kier alpha value is -1.02. The van der Waals surface area contributed by atoms with Crippen LogP contribution in [0, 0.1) is 0 Å². The average molecular weight is 166 g/mol. The molecule has 0 heterocycles. The second kappa shape index (κ2) is 4.12. The highest BCUT2D eigenvalue weighted by Crippen LogP contribution is 2.19. The van der Waals surface area contributed by atoms with E-state index >= 15 is 0 Å². The van der Waals surface area contributed by atoms with E-state index in [9.17, 15) is 0 Å². The zero-order valence-corrected chi connectivity index (χ0v) is 7.45. The zero-order chi connectivity index (χ0) is 8.97. The first-order valence-corrected chi connectivity index (χ1v) is 4.02. The Labute approximate surface area is 72.8 Å². The maximum atomic E-state index is 8.91. The van der Waals surface area contributed by atoms with E-state index in [0.717, 1.165) is 11.3 Å². The van der Waals surface area contributed by atoms with Gasteiger partial charge in [-0.05, 0) is 17.7 Å². The Morgan fingerprint density at radius 2 is 2.25 bits per heavy atom. The molecule has 0 fully saturated rings. The fourth-order valence-electron chi connectivity index (χ4n) is 1.05. The highest BCUT2D eigenvalue weighted by atomic mass is 16.5. The van der Waals surface area contributed by atoms with Gasteiger partial charge in [0.25, 0.3) is 0 Å². The summed E-state index contributed by atoms with van der Waals surface area (Å²) in [5.41, 5.74) is 1.11. The molecule has 1 rings (SSSR count). The molecule has 1 atom stereocenters. The quantitative estimate of drug-likeness (QED) is 0.741. The fourth-order valence-corrected chi connectivity index (χ4v) is 1.05. The van der Waals surface area contributed by atoms with Crippen molar-refractivity contribution in [1.29, 1.82) is 0 Å². The van der Waals surface area contributed by atoms with Crippen LogP contribution in [-0.4, -0.2) is 18.8 Å². The summed E-state index contributed by atoms with van der Waals surface area (Å²) >= 11 is 0. The maximum absolute atomic E-state index is 8.91. The molecule has 0 aliphatic heterocycles. The molecule has 0 aliphatic rings. The maximum Gasteiger partial charge on any atom is 0.119 e. The third-order valence-electron chi connectivity index (χ3n) is 1.94. The van der Waals surface area contributed by atoms with Gasteiger partial charge in [0, 0.05) is 12.5 Å². The van der Waals surface area contributed by atoms with E-state index in [1.54, 1.807) is 7.11 Å². The van der Waals surface area contributed by atoms with E-state index in [0.29, 0.717) is 0 Å². The van der Waals surface area contributed by atoms with Gasteiger partial charge in [-0.3, -0.25) is 0 Å². The molecule has 2 heteroatoms. The molecule has 0 aliphatic carbocycles. The summed E-state index contributed by atoms with van der Waals surface area (Å²) < 4.78 is 5.07. The molecule has 0 radical (unpaired) electrons. The summed E-state index contributed by atoms with van der Waals surface area (Å²) in [4.78, 5) is 0. The van der Waals surface area contributed by atoms with Crippen molar-refractivity contribution in [3.8, 4) is 5.75 Å². The van der Waals surface area contributed by atoms with Crippen LogP contribution in [0.2, 0.25) is 0 Å². The standard InChI is InChI=1S/C10H14O2/c1-8(7-11)9-4-3-5-10(6-9)12-2/h3-6,8,11H,7H2,1-2H3/t8-/m0/s1. The van der Waals surface area contributed by atoms with Crippen LogP contribution in [0.1, 0.15) is 18.4 Å². The molecule has 1 aromatic carbocycles. The summed E-state index contributed by atoms with van der Waals surface area (Å²) in [7, 11) is 1.64. The van der Waals surface area contributed by atoms with Crippen LogP contribution in [0.25, 0.3) is 0 Å². The van der Waals surface area contributed by atoms with Gasteiger partial charge in [0.1, 0.15) is 5.75 Å². The topological polar surface area (TPSA) is 29.5 Å². The number of ether oxygens (including phenoxy) is 1. The lowest BCUT2D eigenvalue weighted by Crippen LogP contribution is -1.98. The van der Waals surface area contributed by atoms with Crippen LogP contribution in [0.3, 0.4) is 0 Å².